The van der Waals surface area contributed by atoms with Crippen LogP contribution in [0.25, 0.3) is 10.9 Å². The van der Waals surface area contributed by atoms with Crippen LogP contribution in [0.1, 0.15) is 13.8 Å². The highest BCUT2D eigenvalue weighted by atomic mass is 79.9. The summed E-state index contributed by atoms with van der Waals surface area (Å²) in [4.78, 5) is 7.93. The van der Waals surface area contributed by atoms with Crippen LogP contribution in [0.3, 0.4) is 0 Å². The van der Waals surface area contributed by atoms with Gasteiger partial charge in [-0.3, -0.25) is 0 Å². The third-order valence-corrected chi connectivity index (χ3v) is 2.79. The van der Waals surface area contributed by atoms with Crippen LogP contribution >= 0.6 is 39.1 Å². The van der Waals surface area contributed by atoms with Gasteiger partial charge in [0, 0.05) is 9.86 Å². The Kier molecular flexibility index (Phi) is 5.43. The number of rotatable bonds is 1. The summed E-state index contributed by atoms with van der Waals surface area (Å²) in [6.45, 7) is 4.00. The lowest BCUT2D eigenvalue weighted by molar-refractivity contribution is 0.418. The van der Waals surface area contributed by atoms with E-state index < -0.39 is 0 Å². The van der Waals surface area contributed by atoms with E-state index in [4.69, 9.17) is 27.9 Å². The van der Waals surface area contributed by atoms with Crippen LogP contribution in [0.4, 0.5) is 0 Å². The number of hydrogen-bond donors (Lipinski definition) is 0. The van der Waals surface area contributed by atoms with Gasteiger partial charge >= 0.3 is 0 Å². The molecule has 92 valence electrons. The largest absolute Gasteiger partial charge is 0.494 e. The topological polar surface area (TPSA) is 35.0 Å². The first kappa shape index (κ1) is 14.5. The average molecular weight is 338 g/mol. The highest BCUT2D eigenvalue weighted by Crippen LogP contribution is 2.32. The molecule has 0 unspecified atom stereocenters. The zero-order chi connectivity index (χ0) is 13.0. The van der Waals surface area contributed by atoms with Crippen molar-refractivity contribution in [3.8, 4) is 5.75 Å². The Morgan fingerprint density at radius 3 is 2.41 bits per heavy atom. The fourth-order valence-corrected chi connectivity index (χ4v) is 2.13. The predicted molar refractivity (Wildman–Crippen MR) is 75.2 cm³/mol. The molecule has 6 heteroatoms. The van der Waals surface area contributed by atoms with Crippen LogP contribution in [0, 0.1) is 0 Å². The first-order chi connectivity index (χ1) is 8.11. The van der Waals surface area contributed by atoms with Crippen LogP contribution in [-0.2, 0) is 0 Å². The van der Waals surface area contributed by atoms with Gasteiger partial charge in [0.05, 0.1) is 7.11 Å². The first-order valence-corrected chi connectivity index (χ1v) is 6.53. The van der Waals surface area contributed by atoms with Crippen LogP contribution in [-0.4, -0.2) is 17.1 Å². The molecule has 0 aliphatic rings. The molecule has 1 aromatic heterocycles. The zero-order valence-electron chi connectivity index (χ0n) is 9.59. The summed E-state index contributed by atoms with van der Waals surface area (Å²) in [7, 11) is 1.56. The van der Waals surface area contributed by atoms with Crippen LogP contribution in [0.15, 0.2) is 16.6 Å². The molecule has 0 saturated heterocycles. The predicted octanol–water partition coefficient (Wildman–Crippen LogP) is 4.73. The van der Waals surface area contributed by atoms with Crippen molar-refractivity contribution in [3.05, 3.63) is 27.0 Å². The molecule has 0 saturated carbocycles. The molecule has 2 aromatic rings. The van der Waals surface area contributed by atoms with Crippen molar-refractivity contribution in [1.82, 2.24) is 9.97 Å². The van der Waals surface area contributed by atoms with Crippen molar-refractivity contribution in [2.75, 3.05) is 7.11 Å². The second-order valence-electron chi connectivity index (χ2n) is 2.79. The van der Waals surface area contributed by atoms with E-state index in [0.29, 0.717) is 21.8 Å². The van der Waals surface area contributed by atoms with Gasteiger partial charge in [-0.2, -0.15) is 0 Å². The molecule has 2 rings (SSSR count). The van der Waals surface area contributed by atoms with Gasteiger partial charge in [-0.25, -0.2) is 9.97 Å². The molecule has 0 aliphatic carbocycles. The fraction of sp³-hybridized carbons (Fsp3) is 0.273. The Bertz CT molecular complexity index is 534. The lowest BCUT2D eigenvalue weighted by Crippen LogP contribution is -1.91. The normalized spacial score (nSPS) is 9.76. The standard InChI is InChI=1S/C9H5BrCl2N2O.C2H6/c1-15-6-3-4(10)2-5-7(6)13-9(12)14-8(5)11;1-2/h2-3H,1H3;1-2H3. The number of aromatic nitrogens is 2. The molecule has 1 aromatic carbocycles. The van der Waals surface area contributed by atoms with E-state index in [9.17, 15) is 0 Å². The molecule has 1 heterocycles. The summed E-state index contributed by atoms with van der Waals surface area (Å²) in [6, 6.07) is 3.61. The smallest absolute Gasteiger partial charge is 0.224 e. The van der Waals surface area contributed by atoms with E-state index in [0.717, 1.165) is 4.47 Å². The minimum atomic E-state index is 0.105. The molecule has 0 N–H and O–H groups in total. The summed E-state index contributed by atoms with van der Waals surface area (Å²) in [6.07, 6.45) is 0. The number of fused-ring (bicyclic) bond motifs is 1. The van der Waals surface area contributed by atoms with Crippen molar-refractivity contribution in [2.24, 2.45) is 0 Å². The monoisotopic (exact) mass is 336 g/mol. The average Bonchev–Trinajstić information content (AvgIpc) is 2.32. The maximum atomic E-state index is 5.95. The van der Waals surface area contributed by atoms with Crippen molar-refractivity contribution in [2.45, 2.75) is 13.8 Å². The molecule has 0 amide bonds. The third kappa shape index (κ3) is 3.21. The summed E-state index contributed by atoms with van der Waals surface area (Å²) in [5.41, 5.74) is 0.603. The van der Waals surface area contributed by atoms with Gasteiger partial charge in [0.15, 0.2) is 0 Å². The molecule has 0 atom stereocenters. The fourth-order valence-electron chi connectivity index (χ4n) is 1.26. The van der Waals surface area contributed by atoms with E-state index in [2.05, 4.69) is 25.9 Å². The maximum Gasteiger partial charge on any atom is 0.224 e. The highest BCUT2D eigenvalue weighted by molar-refractivity contribution is 9.10. The Morgan fingerprint density at radius 2 is 1.82 bits per heavy atom. The summed E-state index contributed by atoms with van der Waals surface area (Å²) in [5, 5.41) is 1.12. The molecular weight excluding hydrogens is 327 g/mol. The van der Waals surface area contributed by atoms with E-state index in [1.54, 1.807) is 13.2 Å². The number of ether oxygens (including phenoxy) is 1. The molecule has 17 heavy (non-hydrogen) atoms. The Hall–Kier alpha value is -0.580. The molecule has 0 spiro atoms. The van der Waals surface area contributed by atoms with Crippen LogP contribution in [0.5, 0.6) is 5.75 Å². The molecule has 3 nitrogen and oxygen atoms in total. The lowest BCUT2D eigenvalue weighted by Gasteiger charge is -2.06. The van der Waals surface area contributed by atoms with Gasteiger partial charge < -0.3 is 4.74 Å². The second kappa shape index (κ2) is 6.38. The van der Waals surface area contributed by atoms with Crippen LogP contribution in [0.2, 0.25) is 10.4 Å². The van der Waals surface area contributed by atoms with E-state index >= 15 is 0 Å². The number of methoxy groups -OCH3 is 1. The van der Waals surface area contributed by atoms with E-state index in [1.807, 2.05) is 19.9 Å². The lowest BCUT2D eigenvalue weighted by atomic mass is 10.2. The van der Waals surface area contributed by atoms with Gasteiger partial charge in [0.25, 0.3) is 0 Å². The van der Waals surface area contributed by atoms with Crippen molar-refractivity contribution < 1.29 is 4.74 Å². The number of halogens is 3. The Balaban J connectivity index is 0.000000686. The molecular formula is C11H11BrCl2N2O. The van der Waals surface area contributed by atoms with Gasteiger partial charge in [-0.05, 0) is 23.7 Å². The quantitative estimate of drug-likeness (QED) is 0.557. The molecule has 0 fully saturated rings. The molecule has 0 radical (unpaired) electrons. The summed E-state index contributed by atoms with van der Waals surface area (Å²) in [5.74, 6) is 0.602. The van der Waals surface area contributed by atoms with Crippen molar-refractivity contribution in [3.63, 3.8) is 0 Å². The zero-order valence-corrected chi connectivity index (χ0v) is 12.7. The van der Waals surface area contributed by atoms with Gasteiger partial charge in [-0.1, -0.05) is 41.4 Å². The number of hydrogen-bond acceptors (Lipinski definition) is 3. The number of benzene rings is 1. The minimum Gasteiger partial charge on any atom is -0.494 e. The molecule has 0 aliphatic heterocycles. The first-order valence-electron chi connectivity index (χ1n) is 4.98. The molecule has 0 bridgehead atoms. The second-order valence-corrected chi connectivity index (χ2v) is 4.40. The Morgan fingerprint density at radius 1 is 1.18 bits per heavy atom. The van der Waals surface area contributed by atoms with E-state index in [1.165, 1.54) is 0 Å². The van der Waals surface area contributed by atoms with Gasteiger partial charge in [0.1, 0.15) is 16.4 Å². The Labute approximate surface area is 118 Å². The number of nitrogens with zero attached hydrogens (tertiary/aromatic N) is 2. The maximum absolute atomic E-state index is 5.95. The minimum absolute atomic E-state index is 0.105. The van der Waals surface area contributed by atoms with Crippen LogP contribution < -0.4 is 4.74 Å². The summed E-state index contributed by atoms with van der Waals surface area (Å²) < 4.78 is 6.03. The third-order valence-electron chi connectivity index (χ3n) is 1.88. The summed E-state index contributed by atoms with van der Waals surface area (Å²) >= 11 is 15.0. The van der Waals surface area contributed by atoms with Gasteiger partial charge in [-0.15, -0.1) is 0 Å². The highest BCUT2D eigenvalue weighted by Gasteiger charge is 2.10. The SMILES string of the molecule is CC.COc1cc(Br)cc2c(Cl)nc(Cl)nc12. The van der Waals surface area contributed by atoms with Crippen molar-refractivity contribution in [1.29, 1.82) is 0 Å². The van der Waals surface area contributed by atoms with Crippen molar-refractivity contribution >= 4 is 50.0 Å². The van der Waals surface area contributed by atoms with E-state index in [-0.39, 0.29) is 5.28 Å². The van der Waals surface area contributed by atoms with Gasteiger partial charge in [0.2, 0.25) is 5.28 Å².